The number of hydroxylamine groups is 4. The van der Waals surface area contributed by atoms with Crippen molar-refractivity contribution in [1.29, 1.82) is 0 Å². The van der Waals surface area contributed by atoms with Crippen LogP contribution in [0.1, 0.15) is 50.0 Å². The molecule has 2 saturated heterocycles. The van der Waals surface area contributed by atoms with E-state index in [0.717, 1.165) is 11.1 Å². The number of benzene rings is 4. The van der Waals surface area contributed by atoms with Crippen molar-refractivity contribution in [3.05, 3.63) is 120 Å². The van der Waals surface area contributed by atoms with Crippen molar-refractivity contribution in [2.24, 2.45) is 0 Å². The van der Waals surface area contributed by atoms with Crippen molar-refractivity contribution in [1.82, 2.24) is 10.1 Å². The first-order valence-corrected chi connectivity index (χ1v) is 18.5. The van der Waals surface area contributed by atoms with Crippen LogP contribution in [0.15, 0.2) is 109 Å². The van der Waals surface area contributed by atoms with Crippen LogP contribution in [0, 0.1) is 0 Å². The van der Waals surface area contributed by atoms with Gasteiger partial charge < -0.3 is 38.1 Å². The molecule has 0 aromatic heterocycles. The molecule has 6 rings (SSSR count). The Kier molecular flexibility index (Phi) is 14.1. The molecule has 4 atom stereocenters. The Hall–Kier alpha value is -5.14. The van der Waals surface area contributed by atoms with Gasteiger partial charge in [-0.25, -0.2) is 0 Å². The van der Waals surface area contributed by atoms with Crippen LogP contribution in [0.3, 0.4) is 0 Å². The molecule has 0 amide bonds. The number of nitrogens with zero attached hydrogens (tertiary/aromatic N) is 2. The third kappa shape index (κ3) is 10.7. The second-order valence-corrected chi connectivity index (χ2v) is 12.7. The summed E-state index contributed by atoms with van der Waals surface area (Å²) in [6, 6.07) is 34.5. The molecule has 0 radical (unpaired) electrons. The van der Waals surface area contributed by atoms with E-state index in [2.05, 4.69) is 0 Å². The summed E-state index contributed by atoms with van der Waals surface area (Å²) in [5.74, 6) is 1.35. The highest BCUT2D eigenvalue weighted by Crippen LogP contribution is 2.36. The van der Waals surface area contributed by atoms with Gasteiger partial charge in [0.25, 0.3) is 0 Å². The maximum absolute atomic E-state index is 13.0. The van der Waals surface area contributed by atoms with Gasteiger partial charge in [0.2, 0.25) is 0 Å². The Morgan fingerprint density at radius 3 is 1.33 bits per heavy atom. The van der Waals surface area contributed by atoms with Crippen molar-refractivity contribution in [2.45, 2.75) is 51.1 Å². The van der Waals surface area contributed by atoms with Gasteiger partial charge in [0.05, 0.1) is 65.4 Å². The summed E-state index contributed by atoms with van der Waals surface area (Å²) < 4.78 is 36.9. The van der Waals surface area contributed by atoms with E-state index in [1.807, 2.05) is 123 Å². The third-order valence-electron chi connectivity index (χ3n) is 8.84. The van der Waals surface area contributed by atoms with Gasteiger partial charge in [0, 0.05) is 0 Å². The smallest absolute Gasteiger partial charge is 0.325 e. The van der Waals surface area contributed by atoms with Gasteiger partial charge in [0.15, 0.2) is 35.2 Å². The fraction of sp³-hybridized carbons (Fsp3) is 0.381. The van der Waals surface area contributed by atoms with E-state index in [1.165, 1.54) is 0 Å². The van der Waals surface area contributed by atoms with E-state index in [4.69, 9.17) is 38.1 Å². The van der Waals surface area contributed by atoms with E-state index in [-0.39, 0.29) is 25.9 Å². The number of ether oxygens (including phenoxy) is 6. The highest BCUT2D eigenvalue weighted by molar-refractivity contribution is 5.77. The Labute approximate surface area is 316 Å². The summed E-state index contributed by atoms with van der Waals surface area (Å²) in [6.45, 7) is 6.75. The second kappa shape index (κ2) is 19.8. The maximum atomic E-state index is 13.0. The maximum Gasteiger partial charge on any atom is 0.325 e. The zero-order valence-corrected chi connectivity index (χ0v) is 30.7. The molecule has 286 valence electrons. The lowest BCUT2D eigenvalue weighted by Gasteiger charge is -2.36. The van der Waals surface area contributed by atoms with Crippen LogP contribution in [0.25, 0.3) is 0 Å². The lowest BCUT2D eigenvalue weighted by molar-refractivity contribution is -0.228. The molecule has 2 fully saturated rings. The van der Waals surface area contributed by atoms with Gasteiger partial charge >= 0.3 is 11.9 Å². The second-order valence-electron chi connectivity index (χ2n) is 12.7. The van der Waals surface area contributed by atoms with Crippen LogP contribution >= 0.6 is 0 Å². The predicted molar refractivity (Wildman–Crippen MR) is 199 cm³/mol. The molecule has 2 heterocycles. The molecule has 0 aliphatic carbocycles. The predicted octanol–water partition coefficient (Wildman–Crippen LogP) is 6.52. The Bertz CT molecular complexity index is 1630. The first kappa shape index (κ1) is 38.6. The molecular weight excluding hydrogens is 692 g/mol. The van der Waals surface area contributed by atoms with Gasteiger partial charge in [0.1, 0.15) is 12.2 Å². The number of rotatable bonds is 17. The van der Waals surface area contributed by atoms with Crippen LogP contribution in [-0.2, 0) is 28.7 Å². The molecule has 0 bridgehead atoms. The van der Waals surface area contributed by atoms with Gasteiger partial charge in [-0.05, 0) is 49.2 Å². The Morgan fingerprint density at radius 1 is 0.574 bits per heavy atom. The highest BCUT2D eigenvalue weighted by Gasteiger charge is 2.35. The summed E-state index contributed by atoms with van der Waals surface area (Å²) in [6.07, 6.45) is -2.24. The molecule has 4 aromatic carbocycles. The fourth-order valence-electron chi connectivity index (χ4n) is 6.34. The molecule has 0 saturated carbocycles. The third-order valence-corrected chi connectivity index (χ3v) is 8.84. The molecule has 0 spiro atoms. The van der Waals surface area contributed by atoms with Crippen molar-refractivity contribution in [2.75, 3.05) is 52.6 Å². The first-order chi connectivity index (χ1) is 26.5. The minimum Gasteiger partial charge on any atom is -0.490 e. The lowest BCUT2D eigenvalue weighted by atomic mass is 10.0. The Morgan fingerprint density at radius 2 is 0.944 bits per heavy atom. The standard InChI is InChI=1S/C42H48N2O10/c1-3-47-33-19-11-13-21-35(33)51-41(31-15-7-5-8-16-31)37-29-43(25-27-49-37)53-39(45)23-24-40(46)54-44-26-28-50-38(30-44)42(32-17-9-6-10-18-32)52-36-22-14-12-20-34(36)48-4-2/h5-22,37-38,41-42H,3-4,23-30H2,1-2H3/t37-,38-,41?,42?/m0/s1. The highest BCUT2D eigenvalue weighted by atomic mass is 16.7. The number of para-hydroxylation sites is 4. The summed E-state index contributed by atoms with van der Waals surface area (Å²) >= 11 is 0. The molecule has 2 aliphatic heterocycles. The molecule has 2 unspecified atom stereocenters. The van der Waals surface area contributed by atoms with Gasteiger partial charge in [-0.15, -0.1) is 10.1 Å². The van der Waals surface area contributed by atoms with Crippen LogP contribution in [0.5, 0.6) is 23.0 Å². The minimum atomic E-state index is -0.545. The van der Waals surface area contributed by atoms with E-state index < -0.39 is 36.4 Å². The number of hydrogen-bond donors (Lipinski definition) is 0. The van der Waals surface area contributed by atoms with E-state index in [1.54, 1.807) is 10.1 Å². The molecule has 4 aromatic rings. The van der Waals surface area contributed by atoms with E-state index >= 15 is 0 Å². The number of morpholine rings is 2. The average molecular weight is 741 g/mol. The van der Waals surface area contributed by atoms with Crippen molar-refractivity contribution in [3.8, 4) is 23.0 Å². The fourth-order valence-corrected chi connectivity index (χ4v) is 6.34. The van der Waals surface area contributed by atoms with Gasteiger partial charge in [-0.3, -0.25) is 9.59 Å². The molecule has 12 nitrogen and oxygen atoms in total. The molecule has 12 heteroatoms. The van der Waals surface area contributed by atoms with E-state index in [0.29, 0.717) is 62.5 Å². The van der Waals surface area contributed by atoms with Gasteiger partial charge in [-0.1, -0.05) is 84.9 Å². The van der Waals surface area contributed by atoms with E-state index in [9.17, 15) is 9.59 Å². The molecule has 54 heavy (non-hydrogen) atoms. The van der Waals surface area contributed by atoms with Crippen LogP contribution in [0.2, 0.25) is 0 Å². The largest absolute Gasteiger partial charge is 0.490 e. The summed E-state index contributed by atoms with van der Waals surface area (Å²) in [7, 11) is 0. The lowest BCUT2D eigenvalue weighted by Crippen LogP contribution is -2.47. The van der Waals surface area contributed by atoms with Gasteiger partial charge in [-0.2, -0.15) is 0 Å². The summed E-state index contributed by atoms with van der Waals surface area (Å²) in [5, 5.41) is 3.13. The minimum absolute atomic E-state index is 0.154. The molecule has 2 aliphatic rings. The normalized spacial score (nSPS) is 18.9. The van der Waals surface area contributed by atoms with Crippen molar-refractivity contribution in [3.63, 3.8) is 0 Å². The molecular formula is C42H48N2O10. The summed E-state index contributed by atoms with van der Waals surface area (Å²) in [4.78, 5) is 37.4. The number of carbonyl (C=O) groups is 2. The Balaban J connectivity index is 1.02. The topological polar surface area (TPSA) is 114 Å². The zero-order valence-electron chi connectivity index (χ0n) is 30.7. The van der Waals surface area contributed by atoms with Crippen molar-refractivity contribution < 1.29 is 47.7 Å². The van der Waals surface area contributed by atoms with Crippen LogP contribution in [-0.4, -0.2) is 86.9 Å². The van der Waals surface area contributed by atoms with Crippen LogP contribution in [0.4, 0.5) is 0 Å². The quantitative estimate of drug-likeness (QED) is 0.117. The van der Waals surface area contributed by atoms with Crippen LogP contribution < -0.4 is 18.9 Å². The zero-order chi connectivity index (χ0) is 37.5. The average Bonchev–Trinajstić information content (AvgIpc) is 3.20. The summed E-state index contributed by atoms with van der Waals surface area (Å²) in [5.41, 5.74) is 1.82. The van der Waals surface area contributed by atoms with Crippen molar-refractivity contribution >= 4 is 11.9 Å². The number of carbonyl (C=O) groups excluding carboxylic acids is 2. The number of hydrogen-bond acceptors (Lipinski definition) is 12. The molecule has 0 N–H and O–H groups in total. The monoisotopic (exact) mass is 740 g/mol. The SMILES string of the molecule is CCOc1ccccc1OC(c1ccccc1)[C@@H]1CN(OC(=O)CCC(=O)ON2CCO[C@H](C(Oc3ccccc3OCC)c3ccccc3)C2)CCO1. The first-order valence-electron chi connectivity index (χ1n) is 18.5.